The van der Waals surface area contributed by atoms with Crippen LogP contribution in [0.1, 0.15) is 44.9 Å². The van der Waals surface area contributed by atoms with Gasteiger partial charge < -0.3 is 10.6 Å². The van der Waals surface area contributed by atoms with Gasteiger partial charge in [-0.2, -0.15) is 0 Å². The monoisotopic (exact) mass is 196 g/mol. The van der Waals surface area contributed by atoms with E-state index in [0.717, 1.165) is 12.6 Å². The number of nitrogens with two attached hydrogens (primary N) is 1. The van der Waals surface area contributed by atoms with Crippen molar-refractivity contribution in [2.75, 3.05) is 20.1 Å². The topological polar surface area (TPSA) is 29.3 Å². The Bertz CT molecular complexity index is 175. The molecule has 2 rings (SSSR count). The Balaban J connectivity index is 1.83. The highest BCUT2D eigenvalue weighted by atomic mass is 15.1. The van der Waals surface area contributed by atoms with Gasteiger partial charge in [-0.1, -0.05) is 19.3 Å². The predicted octanol–water partition coefficient (Wildman–Crippen LogP) is 1.99. The maximum Gasteiger partial charge on any atom is 0.00924 e. The van der Waals surface area contributed by atoms with E-state index in [1.165, 1.54) is 51.5 Å². The molecule has 82 valence electrons. The van der Waals surface area contributed by atoms with Crippen LogP contribution in [-0.2, 0) is 0 Å². The summed E-state index contributed by atoms with van der Waals surface area (Å²) in [5.41, 5.74) is 6.39. The third kappa shape index (κ3) is 1.96. The highest BCUT2D eigenvalue weighted by Gasteiger charge is 2.37. The molecule has 0 bridgehead atoms. The van der Waals surface area contributed by atoms with Crippen LogP contribution in [0.3, 0.4) is 0 Å². The largest absolute Gasteiger partial charge is 0.330 e. The molecule has 2 aliphatic carbocycles. The molecule has 2 fully saturated rings. The van der Waals surface area contributed by atoms with E-state index in [-0.39, 0.29) is 0 Å². The number of nitrogens with zero attached hydrogens (tertiary/aromatic N) is 1. The summed E-state index contributed by atoms with van der Waals surface area (Å²) in [5.74, 6) is 0. The molecule has 0 aromatic heterocycles. The predicted molar refractivity (Wildman–Crippen MR) is 60.2 cm³/mol. The first-order chi connectivity index (χ1) is 6.76. The second-order valence-electron chi connectivity index (χ2n) is 5.41. The zero-order chi connectivity index (χ0) is 10.0. The van der Waals surface area contributed by atoms with E-state index in [4.69, 9.17) is 5.73 Å². The Morgan fingerprint density at radius 2 is 1.86 bits per heavy atom. The minimum atomic E-state index is 0.497. The number of rotatable bonds is 4. The summed E-state index contributed by atoms with van der Waals surface area (Å²) in [5, 5.41) is 0. The number of hydrogen-bond donors (Lipinski definition) is 1. The first kappa shape index (κ1) is 10.4. The van der Waals surface area contributed by atoms with Crippen molar-refractivity contribution in [2.45, 2.75) is 51.0 Å². The molecule has 0 aromatic carbocycles. The molecule has 2 N–H and O–H groups in total. The lowest BCUT2D eigenvalue weighted by Crippen LogP contribution is -2.48. The van der Waals surface area contributed by atoms with Crippen LogP contribution in [0.5, 0.6) is 0 Å². The highest BCUT2D eigenvalue weighted by Crippen LogP contribution is 2.41. The van der Waals surface area contributed by atoms with Crippen LogP contribution in [0.15, 0.2) is 0 Å². The first-order valence-corrected chi connectivity index (χ1v) is 6.16. The molecule has 2 saturated carbocycles. The molecule has 2 nitrogen and oxygen atoms in total. The highest BCUT2D eigenvalue weighted by molar-refractivity contribution is 4.92. The maximum absolute atomic E-state index is 5.89. The average molecular weight is 196 g/mol. The Morgan fingerprint density at radius 3 is 2.29 bits per heavy atom. The first-order valence-electron chi connectivity index (χ1n) is 6.16. The van der Waals surface area contributed by atoms with E-state index in [9.17, 15) is 0 Å². The fourth-order valence-corrected chi connectivity index (χ4v) is 3.11. The van der Waals surface area contributed by atoms with Gasteiger partial charge in [0.2, 0.25) is 0 Å². The molecule has 0 aromatic rings. The molecular weight excluding hydrogens is 172 g/mol. The Labute approximate surface area is 87.8 Å². The molecule has 0 aliphatic heterocycles. The van der Waals surface area contributed by atoms with E-state index >= 15 is 0 Å². The summed E-state index contributed by atoms with van der Waals surface area (Å²) < 4.78 is 0. The van der Waals surface area contributed by atoms with E-state index in [2.05, 4.69) is 11.9 Å². The van der Waals surface area contributed by atoms with Gasteiger partial charge in [-0.25, -0.2) is 0 Å². The summed E-state index contributed by atoms with van der Waals surface area (Å²) in [7, 11) is 2.30. The molecule has 2 heteroatoms. The SMILES string of the molecule is CN(CC1(CN)CCC1)C1CCCC1. The van der Waals surface area contributed by atoms with E-state index in [1.807, 2.05) is 0 Å². The lowest BCUT2D eigenvalue weighted by molar-refractivity contribution is 0.0681. The van der Waals surface area contributed by atoms with Gasteiger partial charge in [0.05, 0.1) is 0 Å². The van der Waals surface area contributed by atoms with Gasteiger partial charge in [-0.3, -0.25) is 0 Å². The van der Waals surface area contributed by atoms with Crippen LogP contribution in [0.2, 0.25) is 0 Å². The summed E-state index contributed by atoms with van der Waals surface area (Å²) in [6.07, 6.45) is 9.82. The van der Waals surface area contributed by atoms with Crippen molar-refractivity contribution < 1.29 is 0 Å². The van der Waals surface area contributed by atoms with Gasteiger partial charge in [0.25, 0.3) is 0 Å². The summed E-state index contributed by atoms with van der Waals surface area (Å²) >= 11 is 0. The molecule has 0 atom stereocenters. The van der Waals surface area contributed by atoms with Crippen molar-refractivity contribution >= 4 is 0 Å². The van der Waals surface area contributed by atoms with Crippen LogP contribution in [0, 0.1) is 5.41 Å². The third-order valence-electron chi connectivity index (χ3n) is 4.38. The van der Waals surface area contributed by atoms with E-state index in [1.54, 1.807) is 0 Å². The minimum absolute atomic E-state index is 0.497. The van der Waals surface area contributed by atoms with Crippen molar-refractivity contribution in [2.24, 2.45) is 11.1 Å². The molecular formula is C12H24N2. The van der Waals surface area contributed by atoms with Crippen molar-refractivity contribution in [3.05, 3.63) is 0 Å². The second-order valence-corrected chi connectivity index (χ2v) is 5.41. The smallest absolute Gasteiger partial charge is 0.00924 e. The van der Waals surface area contributed by atoms with Crippen LogP contribution < -0.4 is 5.73 Å². The second kappa shape index (κ2) is 4.19. The fraction of sp³-hybridized carbons (Fsp3) is 1.00. The zero-order valence-corrected chi connectivity index (χ0v) is 9.47. The normalized spacial score (nSPS) is 26.8. The van der Waals surface area contributed by atoms with Crippen molar-refractivity contribution in [1.82, 2.24) is 4.90 Å². The van der Waals surface area contributed by atoms with Gasteiger partial charge >= 0.3 is 0 Å². The third-order valence-corrected chi connectivity index (χ3v) is 4.38. The molecule has 14 heavy (non-hydrogen) atoms. The lowest BCUT2D eigenvalue weighted by Gasteiger charge is -2.45. The van der Waals surface area contributed by atoms with Crippen molar-refractivity contribution in [3.63, 3.8) is 0 Å². The van der Waals surface area contributed by atoms with Crippen molar-refractivity contribution in [3.8, 4) is 0 Å². The van der Waals surface area contributed by atoms with Crippen LogP contribution >= 0.6 is 0 Å². The maximum atomic E-state index is 5.89. The molecule has 0 saturated heterocycles. The van der Waals surface area contributed by atoms with Gasteiger partial charge in [0, 0.05) is 12.6 Å². The standard InChI is InChI=1S/C12H24N2/c1-14(11-5-2-3-6-11)10-12(9-13)7-4-8-12/h11H,2-10,13H2,1H3. The lowest BCUT2D eigenvalue weighted by atomic mass is 9.68. The van der Waals surface area contributed by atoms with Gasteiger partial charge in [-0.15, -0.1) is 0 Å². The van der Waals surface area contributed by atoms with Gasteiger partial charge in [0.1, 0.15) is 0 Å². The minimum Gasteiger partial charge on any atom is -0.330 e. The van der Waals surface area contributed by atoms with Crippen LogP contribution in [0.25, 0.3) is 0 Å². The molecule has 2 aliphatic rings. The number of hydrogen-bond acceptors (Lipinski definition) is 2. The summed E-state index contributed by atoms with van der Waals surface area (Å²) in [6.45, 7) is 2.14. The van der Waals surface area contributed by atoms with Crippen LogP contribution in [-0.4, -0.2) is 31.1 Å². The van der Waals surface area contributed by atoms with Crippen LogP contribution in [0.4, 0.5) is 0 Å². The Morgan fingerprint density at radius 1 is 1.21 bits per heavy atom. The zero-order valence-electron chi connectivity index (χ0n) is 9.47. The summed E-state index contributed by atoms with van der Waals surface area (Å²) in [4.78, 5) is 2.58. The molecule has 0 spiro atoms. The van der Waals surface area contributed by atoms with Crippen molar-refractivity contribution in [1.29, 1.82) is 0 Å². The average Bonchev–Trinajstić information content (AvgIpc) is 2.63. The van der Waals surface area contributed by atoms with E-state index < -0.39 is 0 Å². The van der Waals surface area contributed by atoms with Gasteiger partial charge in [-0.05, 0) is 44.7 Å². The van der Waals surface area contributed by atoms with Gasteiger partial charge in [0.15, 0.2) is 0 Å². The Hall–Kier alpha value is -0.0800. The molecule has 0 amide bonds. The molecule has 0 radical (unpaired) electrons. The van der Waals surface area contributed by atoms with E-state index in [0.29, 0.717) is 5.41 Å². The Kier molecular flexibility index (Phi) is 3.13. The quantitative estimate of drug-likeness (QED) is 0.745. The molecule has 0 heterocycles. The fourth-order valence-electron chi connectivity index (χ4n) is 3.11. The summed E-state index contributed by atoms with van der Waals surface area (Å²) in [6, 6.07) is 0.860. The molecule has 0 unspecified atom stereocenters.